The van der Waals surface area contributed by atoms with Crippen LogP contribution in [0.25, 0.3) is 0 Å². The Hall–Kier alpha value is -1.67. The number of amides is 1. The van der Waals surface area contributed by atoms with Crippen molar-refractivity contribution in [2.75, 3.05) is 23.4 Å². The molecule has 1 amide bonds. The molecule has 0 unspecified atom stereocenters. The molecule has 0 aromatic heterocycles. The topological polar surface area (TPSA) is 87.3 Å². The van der Waals surface area contributed by atoms with Gasteiger partial charge in [-0.1, -0.05) is 19.1 Å². The first-order valence-corrected chi connectivity index (χ1v) is 10.2. The number of anilines is 1. The van der Waals surface area contributed by atoms with Gasteiger partial charge < -0.3 is 16.0 Å². The highest BCUT2D eigenvalue weighted by Gasteiger charge is 2.28. The zero-order valence-corrected chi connectivity index (χ0v) is 15.3. The summed E-state index contributed by atoms with van der Waals surface area (Å²) in [5, 5.41) is 9.24. The minimum atomic E-state index is -2.98. The molecule has 0 spiro atoms. The molecule has 1 aliphatic rings. The summed E-state index contributed by atoms with van der Waals surface area (Å²) in [6, 6.07) is 7.73. The van der Waals surface area contributed by atoms with E-state index >= 15 is 0 Å². The zero-order chi connectivity index (χ0) is 17.6. The van der Waals surface area contributed by atoms with Gasteiger partial charge in [0.1, 0.15) is 0 Å². The summed E-state index contributed by atoms with van der Waals surface area (Å²) in [6.07, 6.45) is 1.72. The summed E-state index contributed by atoms with van der Waals surface area (Å²) >= 11 is 5.19. The summed E-state index contributed by atoms with van der Waals surface area (Å²) in [4.78, 5) is 11.8. The van der Waals surface area contributed by atoms with Crippen molar-refractivity contribution in [2.24, 2.45) is 0 Å². The van der Waals surface area contributed by atoms with Crippen molar-refractivity contribution < 1.29 is 13.2 Å². The highest BCUT2D eigenvalue weighted by molar-refractivity contribution is 7.91. The fraction of sp³-hybridized carbons (Fsp3) is 0.500. The van der Waals surface area contributed by atoms with Gasteiger partial charge in [-0.25, -0.2) is 8.42 Å². The van der Waals surface area contributed by atoms with Gasteiger partial charge in [-0.15, -0.1) is 0 Å². The lowest BCUT2D eigenvalue weighted by molar-refractivity contribution is -0.121. The van der Waals surface area contributed by atoms with Gasteiger partial charge in [-0.2, -0.15) is 0 Å². The number of benzene rings is 1. The maximum absolute atomic E-state index is 11.8. The molecule has 0 saturated carbocycles. The van der Waals surface area contributed by atoms with E-state index in [4.69, 9.17) is 12.2 Å². The molecule has 0 bridgehead atoms. The maximum atomic E-state index is 11.8. The molecule has 1 fully saturated rings. The van der Waals surface area contributed by atoms with E-state index in [0.29, 0.717) is 18.1 Å². The van der Waals surface area contributed by atoms with Crippen LogP contribution in [0, 0.1) is 0 Å². The minimum Gasteiger partial charge on any atom is -0.362 e. The van der Waals surface area contributed by atoms with Gasteiger partial charge in [0.05, 0.1) is 11.5 Å². The lowest BCUT2D eigenvalue weighted by Crippen LogP contribution is -2.38. The van der Waals surface area contributed by atoms with E-state index in [1.54, 1.807) is 0 Å². The predicted octanol–water partition coefficient (Wildman–Crippen LogP) is 1.23. The molecule has 2 rings (SSSR count). The van der Waals surface area contributed by atoms with Crippen LogP contribution in [0.2, 0.25) is 0 Å². The van der Waals surface area contributed by atoms with Gasteiger partial charge in [-0.05, 0) is 42.8 Å². The largest absolute Gasteiger partial charge is 0.362 e. The molecule has 132 valence electrons. The first-order valence-electron chi connectivity index (χ1n) is 8.01. The molecule has 0 radical (unpaired) electrons. The van der Waals surface area contributed by atoms with Crippen molar-refractivity contribution >= 4 is 38.8 Å². The van der Waals surface area contributed by atoms with Gasteiger partial charge in [0.15, 0.2) is 14.9 Å². The summed E-state index contributed by atoms with van der Waals surface area (Å²) in [5.41, 5.74) is 2.15. The molecular formula is C16H23N3O3S2. The number of aryl methyl sites for hydroxylation is 1. The summed E-state index contributed by atoms with van der Waals surface area (Å²) in [5.74, 6) is 0.0284. The van der Waals surface area contributed by atoms with Gasteiger partial charge in [0.25, 0.3) is 0 Å². The molecule has 1 heterocycles. The molecule has 1 atom stereocenters. The van der Waals surface area contributed by atoms with Crippen molar-refractivity contribution in [3.63, 3.8) is 0 Å². The first kappa shape index (κ1) is 18.7. The Morgan fingerprint density at radius 2 is 2.00 bits per heavy atom. The number of hydrogen-bond donors (Lipinski definition) is 3. The third-order valence-electron chi connectivity index (χ3n) is 3.86. The SMILES string of the molecule is CCc1ccc(NC(=S)NCCC(=O)N[C@H]2CCS(=O)(=O)C2)cc1. The Morgan fingerprint density at radius 1 is 1.29 bits per heavy atom. The maximum Gasteiger partial charge on any atom is 0.222 e. The average molecular weight is 370 g/mol. The van der Waals surface area contributed by atoms with Gasteiger partial charge in [0.2, 0.25) is 5.91 Å². The predicted molar refractivity (Wildman–Crippen MR) is 99.9 cm³/mol. The standard InChI is InChI=1S/C16H23N3O3S2/c1-2-12-3-5-13(6-4-12)19-16(23)17-9-7-15(20)18-14-8-10-24(21,22)11-14/h3-6,14H,2,7-11H2,1H3,(H,18,20)(H2,17,19,23)/t14-/m0/s1. The van der Waals surface area contributed by atoms with Crippen LogP contribution in [-0.2, 0) is 21.1 Å². The minimum absolute atomic E-state index is 0.0416. The number of carbonyl (C=O) groups is 1. The van der Waals surface area contributed by atoms with Gasteiger partial charge in [-0.3, -0.25) is 4.79 Å². The smallest absolute Gasteiger partial charge is 0.222 e. The Morgan fingerprint density at radius 3 is 2.58 bits per heavy atom. The van der Waals surface area contributed by atoms with E-state index in [1.807, 2.05) is 24.3 Å². The zero-order valence-electron chi connectivity index (χ0n) is 13.7. The Bertz CT molecular complexity index is 687. The molecule has 1 aliphatic heterocycles. The Labute approximate surface area is 148 Å². The number of hydrogen-bond acceptors (Lipinski definition) is 4. The summed E-state index contributed by atoms with van der Waals surface area (Å²) in [6.45, 7) is 2.49. The van der Waals surface area contributed by atoms with Gasteiger partial charge >= 0.3 is 0 Å². The van der Waals surface area contributed by atoms with E-state index in [9.17, 15) is 13.2 Å². The van der Waals surface area contributed by atoms with E-state index in [-0.39, 0.29) is 29.9 Å². The number of thiocarbonyl (C=S) groups is 1. The molecule has 6 nitrogen and oxygen atoms in total. The molecule has 3 N–H and O–H groups in total. The second kappa shape index (κ2) is 8.43. The third kappa shape index (κ3) is 6.09. The lowest BCUT2D eigenvalue weighted by Gasteiger charge is -2.13. The van der Waals surface area contributed by atoms with Crippen molar-refractivity contribution in [1.29, 1.82) is 0 Å². The van der Waals surface area contributed by atoms with Crippen LogP contribution < -0.4 is 16.0 Å². The van der Waals surface area contributed by atoms with Crippen LogP contribution >= 0.6 is 12.2 Å². The van der Waals surface area contributed by atoms with Gasteiger partial charge in [0, 0.05) is 24.7 Å². The fourth-order valence-electron chi connectivity index (χ4n) is 2.50. The first-order chi connectivity index (χ1) is 11.4. The number of sulfone groups is 1. The molecule has 1 saturated heterocycles. The quantitative estimate of drug-likeness (QED) is 0.654. The highest BCUT2D eigenvalue weighted by Crippen LogP contribution is 2.11. The molecule has 1 aromatic rings. The normalized spacial score (nSPS) is 18.8. The highest BCUT2D eigenvalue weighted by atomic mass is 32.2. The van der Waals surface area contributed by atoms with E-state index in [2.05, 4.69) is 22.9 Å². The third-order valence-corrected chi connectivity index (χ3v) is 5.87. The number of nitrogens with one attached hydrogen (secondary N) is 3. The Balaban J connectivity index is 1.65. The van der Waals surface area contributed by atoms with Crippen LogP contribution in [-0.4, -0.2) is 43.5 Å². The fourth-order valence-corrected chi connectivity index (χ4v) is 4.39. The molecule has 24 heavy (non-hydrogen) atoms. The van der Waals surface area contributed by atoms with Crippen LogP contribution in [0.3, 0.4) is 0 Å². The van der Waals surface area contributed by atoms with E-state index in [0.717, 1.165) is 12.1 Å². The van der Waals surface area contributed by atoms with Crippen molar-refractivity contribution in [1.82, 2.24) is 10.6 Å². The number of rotatable bonds is 6. The van der Waals surface area contributed by atoms with E-state index < -0.39 is 9.84 Å². The number of carbonyl (C=O) groups excluding carboxylic acids is 1. The monoisotopic (exact) mass is 369 g/mol. The summed E-state index contributed by atoms with van der Waals surface area (Å²) in [7, 11) is -2.98. The molecular weight excluding hydrogens is 346 g/mol. The van der Waals surface area contributed by atoms with Crippen molar-refractivity contribution in [2.45, 2.75) is 32.2 Å². The molecule has 8 heteroatoms. The van der Waals surface area contributed by atoms with Crippen LogP contribution in [0.5, 0.6) is 0 Å². The lowest BCUT2D eigenvalue weighted by atomic mass is 10.1. The Kier molecular flexibility index (Phi) is 6.56. The molecule has 1 aromatic carbocycles. The van der Waals surface area contributed by atoms with Crippen LogP contribution in [0.15, 0.2) is 24.3 Å². The molecule has 0 aliphatic carbocycles. The second-order valence-electron chi connectivity index (χ2n) is 5.85. The average Bonchev–Trinajstić information content (AvgIpc) is 2.86. The van der Waals surface area contributed by atoms with Crippen molar-refractivity contribution in [3.8, 4) is 0 Å². The van der Waals surface area contributed by atoms with Crippen LogP contribution in [0.1, 0.15) is 25.3 Å². The van der Waals surface area contributed by atoms with Crippen molar-refractivity contribution in [3.05, 3.63) is 29.8 Å². The second-order valence-corrected chi connectivity index (χ2v) is 8.49. The van der Waals surface area contributed by atoms with Crippen LogP contribution in [0.4, 0.5) is 5.69 Å². The van der Waals surface area contributed by atoms with E-state index in [1.165, 1.54) is 5.56 Å². The summed E-state index contributed by atoms with van der Waals surface area (Å²) < 4.78 is 22.7.